The van der Waals surface area contributed by atoms with E-state index in [2.05, 4.69) is 11.1 Å². The average molecular weight is 570 g/mol. The number of hydrogen-bond acceptors (Lipinski definition) is 6. The Morgan fingerprint density at radius 1 is 1.02 bits per heavy atom. The first-order chi connectivity index (χ1) is 18.9. The Labute approximate surface area is 242 Å². The molecule has 3 aromatic carbocycles. The van der Waals surface area contributed by atoms with Crippen LogP contribution < -0.4 is 0 Å². The van der Waals surface area contributed by atoms with Gasteiger partial charge in [-0.1, -0.05) is 35.9 Å². The van der Waals surface area contributed by atoms with E-state index in [1.165, 1.54) is 11.3 Å². The molecule has 0 unspecified atom stereocenters. The molecule has 5 aromatic rings. The smallest absolute Gasteiger partial charge is 0.307 e. The number of carboxylic acid groups (broad SMARTS) is 1. The van der Waals surface area contributed by atoms with Crippen LogP contribution in [0.1, 0.15) is 37.5 Å². The second kappa shape index (κ2) is 12.0. The fraction of sp³-hybridized carbons (Fsp3) is 0.188. The molecule has 2 N–H and O–H groups in total. The van der Waals surface area contributed by atoms with E-state index in [1.54, 1.807) is 33.0 Å². The van der Waals surface area contributed by atoms with E-state index in [4.69, 9.17) is 21.7 Å². The van der Waals surface area contributed by atoms with Crippen molar-refractivity contribution in [3.63, 3.8) is 0 Å². The predicted octanol–water partition coefficient (Wildman–Crippen LogP) is 7.93. The summed E-state index contributed by atoms with van der Waals surface area (Å²) in [5.41, 5.74) is 6.81. The summed E-state index contributed by atoms with van der Waals surface area (Å²) in [6.45, 7) is 7.15. The number of nitriles is 1. The number of halogens is 1. The molecule has 0 saturated carbocycles. The quantitative estimate of drug-likeness (QED) is 0.222. The highest BCUT2D eigenvalue weighted by molar-refractivity contribution is 7.22. The van der Waals surface area contributed by atoms with Crippen LogP contribution in [0.5, 0.6) is 0 Å². The molecule has 0 aliphatic carbocycles. The van der Waals surface area contributed by atoms with Crippen LogP contribution >= 0.6 is 22.9 Å². The molecule has 0 radical (unpaired) electrons. The van der Waals surface area contributed by atoms with Crippen LogP contribution in [-0.4, -0.2) is 31.8 Å². The summed E-state index contributed by atoms with van der Waals surface area (Å²) in [5, 5.41) is 28.8. The lowest BCUT2D eigenvalue weighted by atomic mass is 9.93. The molecular formula is C32H28ClN3O3S. The molecule has 0 saturated heterocycles. The van der Waals surface area contributed by atoms with Crippen molar-refractivity contribution in [3.8, 4) is 39.0 Å². The van der Waals surface area contributed by atoms with E-state index in [9.17, 15) is 15.2 Å². The zero-order valence-corrected chi connectivity index (χ0v) is 24.1. The summed E-state index contributed by atoms with van der Waals surface area (Å²) >= 11 is 7.63. The van der Waals surface area contributed by atoms with Gasteiger partial charge in [0.2, 0.25) is 0 Å². The van der Waals surface area contributed by atoms with E-state index in [-0.39, 0.29) is 6.42 Å². The molecule has 0 atom stereocenters. The molecular weight excluding hydrogens is 542 g/mol. The largest absolute Gasteiger partial charge is 0.481 e. The maximum absolute atomic E-state index is 11.7. The molecule has 40 heavy (non-hydrogen) atoms. The molecule has 6 nitrogen and oxygen atoms in total. The normalized spacial score (nSPS) is 11.0. The second-order valence-electron chi connectivity index (χ2n) is 10.3. The van der Waals surface area contributed by atoms with Crippen molar-refractivity contribution in [1.29, 1.82) is 5.26 Å². The number of nitrogens with zero attached hydrogens (tertiary/aromatic N) is 3. The monoisotopic (exact) mass is 569 g/mol. The molecule has 0 bridgehead atoms. The van der Waals surface area contributed by atoms with Crippen LogP contribution in [0.15, 0.2) is 72.9 Å². The van der Waals surface area contributed by atoms with E-state index >= 15 is 0 Å². The highest BCUT2D eigenvalue weighted by Gasteiger charge is 2.20. The van der Waals surface area contributed by atoms with Gasteiger partial charge in [0, 0.05) is 27.9 Å². The lowest BCUT2D eigenvalue weighted by Crippen LogP contribution is -2.10. The Hall–Kier alpha value is -4.09. The first-order valence-electron chi connectivity index (χ1n) is 12.5. The summed E-state index contributed by atoms with van der Waals surface area (Å²) < 4.78 is 0.925. The van der Waals surface area contributed by atoms with Gasteiger partial charge < -0.3 is 10.2 Å². The van der Waals surface area contributed by atoms with Gasteiger partial charge in [-0.3, -0.25) is 9.78 Å². The minimum atomic E-state index is -0.884. The molecule has 0 fully saturated rings. The Morgan fingerprint density at radius 2 is 1.73 bits per heavy atom. The minimum absolute atomic E-state index is 0.0817. The van der Waals surface area contributed by atoms with Crippen LogP contribution in [0, 0.1) is 18.3 Å². The molecule has 2 aromatic heterocycles. The summed E-state index contributed by atoms with van der Waals surface area (Å²) in [5.74, 6) is -0.884. The Kier molecular flexibility index (Phi) is 8.65. The number of pyridine rings is 1. The first kappa shape index (κ1) is 28.9. The number of aliphatic carboxylic acids is 1. The summed E-state index contributed by atoms with van der Waals surface area (Å²) in [6.07, 6.45) is 1.65. The zero-order chi connectivity index (χ0) is 29.0. The molecule has 2 heterocycles. The van der Waals surface area contributed by atoms with Crippen molar-refractivity contribution >= 4 is 39.1 Å². The maximum Gasteiger partial charge on any atom is 0.307 e. The molecule has 202 valence electrons. The molecule has 8 heteroatoms. The van der Waals surface area contributed by atoms with E-state index < -0.39 is 11.6 Å². The van der Waals surface area contributed by atoms with Crippen molar-refractivity contribution in [2.45, 2.75) is 39.7 Å². The number of rotatable bonds is 5. The van der Waals surface area contributed by atoms with Crippen molar-refractivity contribution in [2.75, 3.05) is 0 Å². The first-order valence-corrected chi connectivity index (χ1v) is 13.7. The predicted molar refractivity (Wildman–Crippen MR) is 161 cm³/mol. The van der Waals surface area contributed by atoms with Gasteiger partial charge in [-0.15, -0.1) is 11.3 Å². The van der Waals surface area contributed by atoms with Crippen LogP contribution in [0.2, 0.25) is 5.02 Å². The van der Waals surface area contributed by atoms with Gasteiger partial charge in [-0.05, 0) is 86.8 Å². The number of aryl methyl sites for hydroxylation is 1. The molecule has 0 aliphatic rings. The van der Waals surface area contributed by atoms with Crippen molar-refractivity contribution in [3.05, 3.63) is 94.6 Å². The van der Waals surface area contributed by atoms with Crippen LogP contribution in [0.25, 0.3) is 43.2 Å². The number of carboxylic acids is 1. The standard InChI is InChI=1S/C28H18ClN3O2S.C4H10O/c1-16-11-24-27(26(22(16)14-25(33)34)18-5-7-21(29)8-6-18)35-28(32-24)20-9-10-31-23(13-20)19-4-2-3-17(12-19)15-30;1-4(2,3)5/h2-13H,14H2,1H3,(H,33,34);5H,1-3H3. The third kappa shape index (κ3) is 7.10. The molecule has 0 aliphatic heterocycles. The zero-order valence-electron chi connectivity index (χ0n) is 22.6. The van der Waals surface area contributed by atoms with Crippen LogP contribution in [0.4, 0.5) is 0 Å². The van der Waals surface area contributed by atoms with Gasteiger partial charge in [0.25, 0.3) is 0 Å². The Bertz CT molecular complexity index is 1730. The maximum atomic E-state index is 11.7. The van der Waals surface area contributed by atoms with Gasteiger partial charge in [-0.2, -0.15) is 5.26 Å². The SMILES string of the molecule is CC(C)(C)O.Cc1cc2nc(-c3ccnc(-c4cccc(C#N)c4)c3)sc2c(-c2ccc(Cl)cc2)c1CC(=O)O. The van der Waals surface area contributed by atoms with Crippen molar-refractivity contribution in [1.82, 2.24) is 9.97 Å². The highest BCUT2D eigenvalue weighted by Crippen LogP contribution is 2.41. The van der Waals surface area contributed by atoms with Crippen molar-refractivity contribution in [2.24, 2.45) is 0 Å². The third-order valence-electron chi connectivity index (χ3n) is 5.77. The van der Waals surface area contributed by atoms with Gasteiger partial charge >= 0.3 is 5.97 Å². The lowest BCUT2D eigenvalue weighted by molar-refractivity contribution is -0.136. The topological polar surface area (TPSA) is 107 Å². The van der Waals surface area contributed by atoms with E-state index in [0.717, 1.165) is 54.3 Å². The van der Waals surface area contributed by atoms with E-state index in [1.807, 2.05) is 67.6 Å². The number of aliphatic hydroxyl groups is 1. The molecule has 5 rings (SSSR count). The lowest BCUT2D eigenvalue weighted by Gasteiger charge is -2.13. The fourth-order valence-electron chi connectivity index (χ4n) is 4.13. The summed E-state index contributed by atoms with van der Waals surface area (Å²) in [6, 6.07) is 22.7. The number of carbonyl (C=O) groups is 1. The minimum Gasteiger partial charge on any atom is -0.481 e. The number of fused-ring (bicyclic) bond motifs is 1. The number of benzene rings is 3. The number of thiazole rings is 1. The van der Waals surface area contributed by atoms with Crippen LogP contribution in [0.3, 0.4) is 0 Å². The van der Waals surface area contributed by atoms with Crippen LogP contribution in [-0.2, 0) is 11.2 Å². The van der Waals surface area contributed by atoms with Gasteiger partial charge in [0.05, 0.1) is 39.6 Å². The highest BCUT2D eigenvalue weighted by atomic mass is 35.5. The summed E-state index contributed by atoms with van der Waals surface area (Å²) in [4.78, 5) is 21.1. The van der Waals surface area contributed by atoms with Gasteiger partial charge in [-0.25, -0.2) is 4.98 Å². The second-order valence-corrected chi connectivity index (χ2v) is 11.7. The van der Waals surface area contributed by atoms with Crippen molar-refractivity contribution < 1.29 is 15.0 Å². The Balaban J connectivity index is 0.000000681. The van der Waals surface area contributed by atoms with Gasteiger partial charge in [0.1, 0.15) is 5.01 Å². The third-order valence-corrected chi connectivity index (χ3v) is 7.16. The molecule has 0 amide bonds. The fourth-order valence-corrected chi connectivity index (χ4v) is 5.39. The number of hydrogen-bond donors (Lipinski definition) is 2. The summed E-state index contributed by atoms with van der Waals surface area (Å²) in [7, 11) is 0. The average Bonchev–Trinajstić information content (AvgIpc) is 3.32. The number of aromatic nitrogens is 2. The van der Waals surface area contributed by atoms with E-state index in [0.29, 0.717) is 10.6 Å². The Morgan fingerprint density at radius 3 is 2.38 bits per heavy atom. The molecule has 0 spiro atoms. The van der Waals surface area contributed by atoms with Gasteiger partial charge in [0.15, 0.2) is 0 Å².